The van der Waals surface area contributed by atoms with Gasteiger partial charge in [0, 0.05) is 19.2 Å². The van der Waals surface area contributed by atoms with E-state index in [0.29, 0.717) is 18.2 Å². The molecule has 0 spiro atoms. The van der Waals surface area contributed by atoms with Crippen molar-refractivity contribution in [1.29, 1.82) is 0 Å². The van der Waals surface area contributed by atoms with Gasteiger partial charge in [0.2, 0.25) is 0 Å². The Bertz CT molecular complexity index is 321. The van der Waals surface area contributed by atoms with E-state index in [4.69, 9.17) is 4.74 Å². The molecule has 1 rings (SSSR count). The Hall–Kier alpha value is -0.130. The zero-order chi connectivity index (χ0) is 13.6. The van der Waals surface area contributed by atoms with Gasteiger partial charge in [0.25, 0.3) is 0 Å². The van der Waals surface area contributed by atoms with Gasteiger partial charge in [-0.05, 0) is 32.1 Å². The third kappa shape index (κ3) is 6.16. The second kappa shape index (κ2) is 7.46. The first kappa shape index (κ1) is 15.9. The van der Waals surface area contributed by atoms with Gasteiger partial charge in [-0.2, -0.15) is 0 Å². The Morgan fingerprint density at radius 1 is 1.28 bits per heavy atom. The van der Waals surface area contributed by atoms with Crippen LogP contribution >= 0.6 is 0 Å². The van der Waals surface area contributed by atoms with Crippen LogP contribution in [0.2, 0.25) is 0 Å². The molecule has 0 aromatic rings. The molecule has 2 unspecified atom stereocenters. The first-order valence-corrected chi connectivity index (χ1v) is 8.78. The minimum absolute atomic E-state index is 0.233. The van der Waals surface area contributed by atoms with E-state index in [-0.39, 0.29) is 17.9 Å². The van der Waals surface area contributed by atoms with Crippen molar-refractivity contribution in [3.63, 3.8) is 0 Å². The molecule has 1 fully saturated rings. The van der Waals surface area contributed by atoms with Crippen LogP contribution in [0, 0.1) is 5.92 Å². The number of rotatable bonds is 8. The Kier molecular flexibility index (Phi) is 6.60. The summed E-state index contributed by atoms with van der Waals surface area (Å²) >= 11 is 0. The molecule has 1 heterocycles. The summed E-state index contributed by atoms with van der Waals surface area (Å²) in [4.78, 5) is 0. The van der Waals surface area contributed by atoms with E-state index in [9.17, 15) is 8.42 Å². The van der Waals surface area contributed by atoms with Crippen molar-refractivity contribution in [2.45, 2.75) is 52.2 Å². The lowest BCUT2D eigenvalue weighted by atomic mass is 10.1. The lowest BCUT2D eigenvalue weighted by Gasteiger charge is -2.20. The molecule has 0 aromatic carbocycles. The van der Waals surface area contributed by atoms with Crippen molar-refractivity contribution in [3.05, 3.63) is 0 Å². The molecular formula is C13H27NO3S. The summed E-state index contributed by atoms with van der Waals surface area (Å²) in [6, 6.07) is 0.243. The summed E-state index contributed by atoms with van der Waals surface area (Å²) in [5, 5.41) is 3.26. The van der Waals surface area contributed by atoms with Crippen molar-refractivity contribution in [1.82, 2.24) is 5.32 Å². The van der Waals surface area contributed by atoms with Crippen LogP contribution in [0.5, 0.6) is 0 Å². The van der Waals surface area contributed by atoms with E-state index in [1.165, 1.54) is 0 Å². The lowest BCUT2D eigenvalue weighted by molar-refractivity contribution is 0.0844. The fourth-order valence-corrected chi connectivity index (χ4v) is 3.55. The average Bonchev–Trinajstić information content (AvgIpc) is 2.79. The minimum Gasteiger partial charge on any atom is -0.377 e. The van der Waals surface area contributed by atoms with Gasteiger partial charge in [0.1, 0.15) is 0 Å². The fraction of sp³-hybridized carbons (Fsp3) is 1.00. The second-order valence-corrected chi connectivity index (χ2v) is 7.93. The van der Waals surface area contributed by atoms with Gasteiger partial charge >= 0.3 is 0 Å². The maximum atomic E-state index is 11.8. The van der Waals surface area contributed by atoms with E-state index in [2.05, 4.69) is 12.2 Å². The molecule has 108 valence electrons. The molecule has 0 amide bonds. The highest BCUT2D eigenvalue weighted by Gasteiger charge is 2.22. The van der Waals surface area contributed by atoms with Crippen molar-refractivity contribution >= 4 is 9.84 Å². The SMILES string of the molecule is CC(C)CCS(=O)(=O)CCNC(C)C1CCCO1. The van der Waals surface area contributed by atoms with Crippen molar-refractivity contribution < 1.29 is 13.2 Å². The van der Waals surface area contributed by atoms with Crippen LogP contribution in [0.25, 0.3) is 0 Å². The number of nitrogens with one attached hydrogen (secondary N) is 1. The first-order valence-electron chi connectivity index (χ1n) is 6.96. The number of hydrogen-bond donors (Lipinski definition) is 1. The Balaban J connectivity index is 2.19. The molecule has 0 radical (unpaired) electrons. The standard InChI is InChI=1S/C13H27NO3S/c1-11(2)6-9-18(15,16)10-7-14-12(3)13-5-4-8-17-13/h11-14H,4-10H2,1-3H3. The molecule has 1 N–H and O–H groups in total. The third-order valence-electron chi connectivity index (χ3n) is 3.41. The highest BCUT2D eigenvalue weighted by atomic mass is 32.2. The minimum atomic E-state index is -2.90. The normalized spacial score (nSPS) is 22.6. The highest BCUT2D eigenvalue weighted by molar-refractivity contribution is 7.91. The lowest BCUT2D eigenvalue weighted by Crippen LogP contribution is -2.39. The molecule has 0 aliphatic carbocycles. The fourth-order valence-electron chi connectivity index (χ4n) is 2.09. The topological polar surface area (TPSA) is 55.4 Å². The molecule has 1 saturated heterocycles. The van der Waals surface area contributed by atoms with E-state index in [1.807, 2.05) is 13.8 Å². The largest absolute Gasteiger partial charge is 0.377 e. The number of hydrogen-bond acceptors (Lipinski definition) is 4. The van der Waals surface area contributed by atoms with E-state index < -0.39 is 9.84 Å². The van der Waals surface area contributed by atoms with Crippen LogP contribution in [0.3, 0.4) is 0 Å². The zero-order valence-electron chi connectivity index (χ0n) is 11.8. The van der Waals surface area contributed by atoms with Gasteiger partial charge in [0.05, 0.1) is 17.6 Å². The monoisotopic (exact) mass is 277 g/mol. The van der Waals surface area contributed by atoms with Gasteiger partial charge in [0.15, 0.2) is 9.84 Å². The van der Waals surface area contributed by atoms with Crippen LogP contribution in [0.4, 0.5) is 0 Å². The summed E-state index contributed by atoms with van der Waals surface area (Å²) in [7, 11) is -2.90. The average molecular weight is 277 g/mol. The summed E-state index contributed by atoms with van der Waals surface area (Å²) in [6.45, 7) is 7.53. The van der Waals surface area contributed by atoms with Crippen LogP contribution in [0.15, 0.2) is 0 Å². The number of ether oxygens (including phenoxy) is 1. The quantitative estimate of drug-likeness (QED) is 0.732. The molecule has 1 aliphatic heterocycles. The maximum Gasteiger partial charge on any atom is 0.151 e. The van der Waals surface area contributed by atoms with Crippen molar-refractivity contribution in [2.24, 2.45) is 5.92 Å². The molecule has 0 aromatic heterocycles. The van der Waals surface area contributed by atoms with Crippen LogP contribution < -0.4 is 5.32 Å². The smallest absolute Gasteiger partial charge is 0.151 e. The molecule has 0 bridgehead atoms. The summed E-state index contributed by atoms with van der Waals surface area (Å²) in [5.41, 5.74) is 0. The molecule has 2 atom stereocenters. The highest BCUT2D eigenvalue weighted by Crippen LogP contribution is 2.15. The Morgan fingerprint density at radius 2 is 2.00 bits per heavy atom. The van der Waals surface area contributed by atoms with Gasteiger partial charge in [-0.3, -0.25) is 0 Å². The van der Waals surface area contributed by atoms with Crippen molar-refractivity contribution in [3.8, 4) is 0 Å². The summed E-state index contributed by atoms with van der Waals surface area (Å²) in [6.07, 6.45) is 3.20. The van der Waals surface area contributed by atoms with Gasteiger partial charge < -0.3 is 10.1 Å². The van der Waals surface area contributed by atoms with E-state index in [1.54, 1.807) is 0 Å². The third-order valence-corrected chi connectivity index (χ3v) is 5.09. The predicted octanol–water partition coefficient (Wildman–Crippen LogP) is 1.60. The molecule has 1 aliphatic rings. The Labute approximate surface area is 111 Å². The maximum absolute atomic E-state index is 11.8. The van der Waals surface area contributed by atoms with Crippen LogP contribution in [0.1, 0.15) is 40.0 Å². The van der Waals surface area contributed by atoms with Crippen molar-refractivity contribution in [2.75, 3.05) is 24.7 Å². The Morgan fingerprint density at radius 3 is 2.56 bits per heavy atom. The van der Waals surface area contributed by atoms with Gasteiger partial charge in [-0.25, -0.2) is 8.42 Å². The molecule has 4 nitrogen and oxygen atoms in total. The molecule has 0 saturated carbocycles. The number of sulfone groups is 1. The van der Waals surface area contributed by atoms with Crippen LogP contribution in [-0.2, 0) is 14.6 Å². The van der Waals surface area contributed by atoms with E-state index >= 15 is 0 Å². The second-order valence-electron chi connectivity index (χ2n) is 5.63. The van der Waals surface area contributed by atoms with Gasteiger partial charge in [-0.15, -0.1) is 0 Å². The summed E-state index contributed by atoms with van der Waals surface area (Å²) < 4.78 is 29.1. The predicted molar refractivity (Wildman–Crippen MR) is 74.5 cm³/mol. The first-order chi connectivity index (χ1) is 8.41. The molecule has 5 heteroatoms. The molecular weight excluding hydrogens is 250 g/mol. The van der Waals surface area contributed by atoms with E-state index in [0.717, 1.165) is 25.9 Å². The van der Waals surface area contributed by atoms with Crippen LogP contribution in [-0.4, -0.2) is 45.2 Å². The summed E-state index contributed by atoms with van der Waals surface area (Å²) in [5.74, 6) is 0.982. The zero-order valence-corrected chi connectivity index (χ0v) is 12.6. The van der Waals surface area contributed by atoms with Gasteiger partial charge in [-0.1, -0.05) is 13.8 Å². The molecule has 18 heavy (non-hydrogen) atoms.